The second-order valence-electron chi connectivity index (χ2n) is 5.56. The van der Waals surface area contributed by atoms with Crippen LogP contribution < -0.4 is 15.0 Å². The number of hydrogen-bond donors (Lipinski definition) is 1. The first kappa shape index (κ1) is 16.1. The van der Waals surface area contributed by atoms with Crippen LogP contribution in [-0.2, 0) is 11.4 Å². The molecule has 1 aliphatic rings. The molecular weight excluding hydrogens is 308 g/mol. The molecule has 0 saturated carbocycles. The number of ether oxygens (including phenoxy) is 2. The lowest BCUT2D eigenvalue weighted by atomic mass is 10.2. The highest BCUT2D eigenvalue weighted by atomic mass is 16.7. The third-order valence-electron chi connectivity index (χ3n) is 3.63. The number of benzene rings is 2. The molecule has 6 heteroatoms. The third kappa shape index (κ3) is 4.17. The van der Waals surface area contributed by atoms with Gasteiger partial charge in [-0.25, -0.2) is 10.3 Å². The average molecular weight is 328 g/mol. The summed E-state index contributed by atoms with van der Waals surface area (Å²) in [6, 6.07) is 16.8. The zero-order valence-electron chi connectivity index (χ0n) is 13.5. The van der Waals surface area contributed by atoms with Crippen molar-refractivity contribution in [2.24, 2.45) is 0 Å². The number of para-hydroxylation sites is 2. The molecular formula is C18H20N2O4. The van der Waals surface area contributed by atoms with Crippen molar-refractivity contribution in [2.45, 2.75) is 12.7 Å². The minimum absolute atomic E-state index is 0.218. The molecule has 0 saturated heterocycles. The van der Waals surface area contributed by atoms with Crippen LogP contribution in [0, 0.1) is 0 Å². The summed E-state index contributed by atoms with van der Waals surface area (Å²) in [5.41, 5.74) is 3.42. The first-order valence-electron chi connectivity index (χ1n) is 7.77. The van der Waals surface area contributed by atoms with Gasteiger partial charge in [0.25, 0.3) is 0 Å². The molecule has 6 nitrogen and oxygen atoms in total. The van der Waals surface area contributed by atoms with Crippen LogP contribution in [0.1, 0.15) is 5.56 Å². The highest BCUT2D eigenvalue weighted by Gasteiger charge is 2.23. The average Bonchev–Trinajstić information content (AvgIpc) is 2.62. The van der Waals surface area contributed by atoms with Gasteiger partial charge >= 0.3 is 6.03 Å². The summed E-state index contributed by atoms with van der Waals surface area (Å²) in [6.07, 6.45) is -0.218. The van der Waals surface area contributed by atoms with Crippen LogP contribution in [0.5, 0.6) is 11.5 Å². The van der Waals surface area contributed by atoms with Crippen molar-refractivity contribution in [1.82, 2.24) is 10.4 Å². The molecule has 0 radical (unpaired) electrons. The minimum Gasteiger partial charge on any atom is -0.486 e. The number of hydrogen-bond acceptors (Lipinski definition) is 4. The van der Waals surface area contributed by atoms with Gasteiger partial charge < -0.3 is 14.4 Å². The molecule has 1 N–H and O–H groups in total. The maximum Gasteiger partial charge on any atom is 0.341 e. The largest absolute Gasteiger partial charge is 0.486 e. The molecule has 0 aromatic heterocycles. The lowest BCUT2D eigenvalue weighted by Crippen LogP contribution is -2.45. The highest BCUT2D eigenvalue weighted by Crippen LogP contribution is 2.30. The third-order valence-corrected chi connectivity index (χ3v) is 3.63. The molecule has 1 heterocycles. The Bertz CT molecular complexity index is 678. The molecule has 2 aromatic rings. The summed E-state index contributed by atoms with van der Waals surface area (Å²) in [7, 11) is 1.69. The van der Waals surface area contributed by atoms with E-state index in [0.29, 0.717) is 25.5 Å². The van der Waals surface area contributed by atoms with Gasteiger partial charge in [0, 0.05) is 7.05 Å². The van der Waals surface area contributed by atoms with Crippen molar-refractivity contribution in [2.75, 3.05) is 20.2 Å². The molecule has 1 aliphatic heterocycles. The van der Waals surface area contributed by atoms with Crippen LogP contribution in [-0.4, -0.2) is 37.2 Å². The second kappa shape index (κ2) is 7.70. The number of carbonyl (C=O) groups is 1. The molecule has 3 rings (SSSR count). The SMILES string of the molecule is CN(C[C@@H]1COc2ccccc2O1)C(=O)NOCc1ccccc1. The van der Waals surface area contributed by atoms with Crippen LogP contribution in [0.3, 0.4) is 0 Å². The Kier molecular flexibility index (Phi) is 5.18. The van der Waals surface area contributed by atoms with Crippen LogP contribution in [0.2, 0.25) is 0 Å². The van der Waals surface area contributed by atoms with E-state index in [2.05, 4.69) is 5.48 Å². The van der Waals surface area contributed by atoms with Crippen LogP contribution >= 0.6 is 0 Å². The first-order valence-corrected chi connectivity index (χ1v) is 7.77. The maximum atomic E-state index is 12.0. The Balaban J connectivity index is 1.43. The second-order valence-corrected chi connectivity index (χ2v) is 5.56. The van der Waals surface area contributed by atoms with Crippen molar-refractivity contribution in [3.05, 3.63) is 60.2 Å². The fourth-order valence-corrected chi connectivity index (χ4v) is 2.37. The summed E-state index contributed by atoms with van der Waals surface area (Å²) < 4.78 is 11.5. The van der Waals surface area contributed by atoms with E-state index in [-0.39, 0.29) is 12.1 Å². The number of fused-ring (bicyclic) bond motifs is 1. The monoisotopic (exact) mass is 328 g/mol. The fraction of sp³-hybridized carbons (Fsp3) is 0.278. The number of nitrogens with one attached hydrogen (secondary N) is 1. The van der Waals surface area contributed by atoms with Gasteiger partial charge in [-0.3, -0.25) is 4.84 Å². The zero-order valence-corrected chi connectivity index (χ0v) is 13.5. The number of hydroxylamine groups is 1. The van der Waals surface area contributed by atoms with E-state index >= 15 is 0 Å². The molecule has 2 aromatic carbocycles. The summed E-state index contributed by atoms with van der Waals surface area (Å²) in [6.45, 7) is 1.12. The minimum atomic E-state index is -0.326. The van der Waals surface area contributed by atoms with E-state index in [1.54, 1.807) is 7.05 Å². The van der Waals surface area contributed by atoms with Gasteiger partial charge in [0.05, 0.1) is 13.2 Å². The van der Waals surface area contributed by atoms with E-state index in [0.717, 1.165) is 11.3 Å². The van der Waals surface area contributed by atoms with Gasteiger partial charge in [-0.05, 0) is 17.7 Å². The van der Waals surface area contributed by atoms with Gasteiger partial charge in [-0.1, -0.05) is 42.5 Å². The lowest BCUT2D eigenvalue weighted by Gasteiger charge is -2.29. The van der Waals surface area contributed by atoms with E-state index in [1.807, 2.05) is 54.6 Å². The normalized spacial score (nSPS) is 15.6. The van der Waals surface area contributed by atoms with E-state index in [9.17, 15) is 4.79 Å². The number of likely N-dealkylation sites (N-methyl/N-ethyl adjacent to an activating group) is 1. The van der Waals surface area contributed by atoms with E-state index < -0.39 is 0 Å². The number of carbonyl (C=O) groups excluding carboxylic acids is 1. The van der Waals surface area contributed by atoms with Gasteiger partial charge in [0.15, 0.2) is 17.6 Å². The van der Waals surface area contributed by atoms with Crippen LogP contribution in [0.15, 0.2) is 54.6 Å². The van der Waals surface area contributed by atoms with Crippen molar-refractivity contribution in [3.63, 3.8) is 0 Å². The molecule has 0 bridgehead atoms. The lowest BCUT2D eigenvalue weighted by molar-refractivity contribution is 0.0287. The molecule has 0 fully saturated rings. The van der Waals surface area contributed by atoms with E-state index in [1.165, 1.54) is 4.90 Å². The number of nitrogens with zero attached hydrogens (tertiary/aromatic N) is 1. The number of amides is 2. The Hall–Kier alpha value is -2.73. The Labute approximate surface area is 140 Å². The van der Waals surface area contributed by atoms with Crippen molar-refractivity contribution in [3.8, 4) is 11.5 Å². The van der Waals surface area contributed by atoms with Gasteiger partial charge in [0.1, 0.15) is 6.61 Å². The highest BCUT2D eigenvalue weighted by molar-refractivity contribution is 5.72. The fourth-order valence-electron chi connectivity index (χ4n) is 2.37. The Morgan fingerprint density at radius 3 is 2.67 bits per heavy atom. The Morgan fingerprint density at radius 1 is 1.17 bits per heavy atom. The molecule has 2 amide bonds. The standard InChI is InChI=1S/C18H20N2O4/c1-20(18(21)19-23-12-14-7-3-2-4-8-14)11-15-13-22-16-9-5-6-10-17(16)24-15/h2-10,15H,11-13H2,1H3,(H,19,21)/t15-/m1/s1. The summed E-state index contributed by atoms with van der Waals surface area (Å²) in [4.78, 5) is 18.8. The molecule has 0 spiro atoms. The predicted octanol–water partition coefficient (Wildman–Crippen LogP) is 2.60. The first-order chi connectivity index (χ1) is 11.7. The maximum absolute atomic E-state index is 12.0. The van der Waals surface area contributed by atoms with Crippen LogP contribution in [0.25, 0.3) is 0 Å². The van der Waals surface area contributed by atoms with Crippen molar-refractivity contribution in [1.29, 1.82) is 0 Å². The molecule has 24 heavy (non-hydrogen) atoms. The summed E-state index contributed by atoms with van der Waals surface area (Å²) in [5, 5.41) is 0. The molecule has 126 valence electrons. The quantitative estimate of drug-likeness (QED) is 0.857. The molecule has 0 unspecified atom stereocenters. The zero-order chi connectivity index (χ0) is 16.8. The molecule has 1 atom stereocenters. The number of rotatable bonds is 5. The summed E-state index contributed by atoms with van der Waals surface area (Å²) >= 11 is 0. The van der Waals surface area contributed by atoms with Gasteiger partial charge in [0.2, 0.25) is 0 Å². The van der Waals surface area contributed by atoms with Crippen molar-refractivity contribution < 1.29 is 19.1 Å². The van der Waals surface area contributed by atoms with Gasteiger partial charge in [-0.2, -0.15) is 0 Å². The number of urea groups is 1. The molecule has 0 aliphatic carbocycles. The summed E-state index contributed by atoms with van der Waals surface area (Å²) in [5.74, 6) is 1.43. The van der Waals surface area contributed by atoms with Gasteiger partial charge in [-0.15, -0.1) is 0 Å². The van der Waals surface area contributed by atoms with Crippen molar-refractivity contribution >= 4 is 6.03 Å². The Morgan fingerprint density at radius 2 is 1.88 bits per heavy atom. The predicted molar refractivity (Wildman–Crippen MR) is 88.7 cm³/mol. The van der Waals surface area contributed by atoms with E-state index in [4.69, 9.17) is 14.3 Å². The van der Waals surface area contributed by atoms with Crippen LogP contribution in [0.4, 0.5) is 4.79 Å². The topological polar surface area (TPSA) is 60.0 Å². The smallest absolute Gasteiger partial charge is 0.341 e.